The molecular weight excluding hydrogens is 316 g/mol. The standard InChI is InChI=1S/C11H11BrN4O3/c12-6-3-7-9(13-4-6)16-2-1-15(11(18)19)5-8(16)10(17)14-7/h3-4,8H,1-2,5H2,(H,14,17)(H,18,19). The number of fused-ring (bicyclic) bond motifs is 3. The van der Waals surface area contributed by atoms with Gasteiger partial charge in [0.05, 0.1) is 12.2 Å². The zero-order chi connectivity index (χ0) is 13.6. The van der Waals surface area contributed by atoms with Crippen LogP contribution in [0.1, 0.15) is 0 Å². The Kier molecular flexibility index (Phi) is 2.81. The van der Waals surface area contributed by atoms with Gasteiger partial charge in [-0.15, -0.1) is 0 Å². The van der Waals surface area contributed by atoms with Crippen molar-refractivity contribution >= 4 is 39.4 Å². The van der Waals surface area contributed by atoms with Gasteiger partial charge in [0, 0.05) is 23.8 Å². The molecular formula is C11H11BrN4O3. The van der Waals surface area contributed by atoms with Crippen molar-refractivity contribution in [1.82, 2.24) is 9.88 Å². The van der Waals surface area contributed by atoms with E-state index in [4.69, 9.17) is 5.11 Å². The summed E-state index contributed by atoms with van der Waals surface area (Å²) >= 11 is 3.31. The predicted molar refractivity (Wildman–Crippen MR) is 71.3 cm³/mol. The first-order valence-electron chi connectivity index (χ1n) is 5.77. The number of rotatable bonds is 0. The van der Waals surface area contributed by atoms with Gasteiger partial charge in [-0.2, -0.15) is 0 Å². The zero-order valence-corrected chi connectivity index (χ0v) is 11.4. The molecule has 0 saturated carbocycles. The van der Waals surface area contributed by atoms with Crippen LogP contribution in [0, 0.1) is 0 Å². The molecule has 3 heterocycles. The molecule has 1 aromatic rings. The second kappa shape index (κ2) is 4.37. The molecule has 1 fully saturated rings. The van der Waals surface area contributed by atoms with Crippen molar-refractivity contribution in [1.29, 1.82) is 0 Å². The van der Waals surface area contributed by atoms with Crippen molar-refractivity contribution in [2.45, 2.75) is 6.04 Å². The number of halogens is 1. The van der Waals surface area contributed by atoms with Crippen LogP contribution < -0.4 is 10.2 Å². The van der Waals surface area contributed by atoms with Crippen LogP contribution in [-0.2, 0) is 4.79 Å². The lowest BCUT2D eigenvalue weighted by Gasteiger charge is -2.43. The van der Waals surface area contributed by atoms with Crippen LogP contribution in [0.3, 0.4) is 0 Å². The Bertz CT molecular complexity index is 565. The van der Waals surface area contributed by atoms with Crippen molar-refractivity contribution in [2.24, 2.45) is 0 Å². The molecule has 19 heavy (non-hydrogen) atoms. The minimum absolute atomic E-state index is 0.165. The highest BCUT2D eigenvalue weighted by molar-refractivity contribution is 9.10. The summed E-state index contributed by atoms with van der Waals surface area (Å²) < 4.78 is 0.786. The van der Waals surface area contributed by atoms with Gasteiger partial charge in [0.1, 0.15) is 6.04 Å². The first-order valence-corrected chi connectivity index (χ1v) is 6.56. The third-order valence-electron chi connectivity index (χ3n) is 3.32. The Hall–Kier alpha value is -1.83. The number of hydrogen-bond donors (Lipinski definition) is 2. The minimum Gasteiger partial charge on any atom is -0.465 e. The summed E-state index contributed by atoms with van der Waals surface area (Å²) in [5.74, 6) is 0.496. The molecule has 8 heteroatoms. The Balaban J connectivity index is 1.94. The molecule has 2 amide bonds. The van der Waals surface area contributed by atoms with Crippen LogP contribution >= 0.6 is 15.9 Å². The topological polar surface area (TPSA) is 85.8 Å². The second-order valence-corrected chi connectivity index (χ2v) is 5.37. The van der Waals surface area contributed by atoms with Crippen molar-refractivity contribution in [3.63, 3.8) is 0 Å². The maximum Gasteiger partial charge on any atom is 0.407 e. The van der Waals surface area contributed by atoms with Crippen LogP contribution in [-0.4, -0.2) is 52.7 Å². The third kappa shape index (κ3) is 2.01. The smallest absolute Gasteiger partial charge is 0.407 e. The monoisotopic (exact) mass is 326 g/mol. The number of hydrogen-bond acceptors (Lipinski definition) is 4. The van der Waals surface area contributed by atoms with Gasteiger partial charge in [0.2, 0.25) is 5.91 Å². The molecule has 0 spiro atoms. The van der Waals surface area contributed by atoms with Gasteiger partial charge in [-0.1, -0.05) is 0 Å². The molecule has 0 radical (unpaired) electrons. The van der Waals surface area contributed by atoms with Crippen LogP contribution in [0.4, 0.5) is 16.3 Å². The fourth-order valence-electron chi connectivity index (χ4n) is 2.40. The van der Waals surface area contributed by atoms with E-state index in [1.54, 1.807) is 12.3 Å². The molecule has 100 valence electrons. The number of nitrogens with zero attached hydrogens (tertiary/aromatic N) is 3. The summed E-state index contributed by atoms with van der Waals surface area (Å²) in [5.41, 5.74) is 0.652. The first-order chi connectivity index (χ1) is 9.06. The molecule has 0 bridgehead atoms. The Morgan fingerprint density at radius 3 is 3.05 bits per heavy atom. The highest BCUT2D eigenvalue weighted by atomic mass is 79.9. The molecule has 0 aliphatic carbocycles. The Morgan fingerprint density at radius 1 is 1.53 bits per heavy atom. The molecule has 2 aliphatic heterocycles. The fraction of sp³-hybridized carbons (Fsp3) is 0.364. The summed E-state index contributed by atoms with van der Waals surface area (Å²) in [7, 11) is 0. The fourth-order valence-corrected chi connectivity index (χ4v) is 2.73. The van der Waals surface area contributed by atoms with E-state index in [0.717, 1.165) is 4.47 Å². The summed E-state index contributed by atoms with van der Waals surface area (Å²) in [5, 5.41) is 11.8. The maximum atomic E-state index is 12.1. The lowest BCUT2D eigenvalue weighted by atomic mass is 10.1. The molecule has 7 nitrogen and oxygen atoms in total. The molecule has 1 unspecified atom stereocenters. The van der Waals surface area contributed by atoms with E-state index in [1.165, 1.54) is 4.90 Å². The Morgan fingerprint density at radius 2 is 2.32 bits per heavy atom. The summed E-state index contributed by atoms with van der Waals surface area (Å²) in [6.45, 7) is 1.00. The summed E-state index contributed by atoms with van der Waals surface area (Å²) in [4.78, 5) is 30.5. The van der Waals surface area contributed by atoms with Crippen molar-refractivity contribution in [2.75, 3.05) is 29.9 Å². The van der Waals surface area contributed by atoms with Crippen molar-refractivity contribution in [3.05, 3.63) is 16.7 Å². The van der Waals surface area contributed by atoms with E-state index in [2.05, 4.69) is 26.2 Å². The zero-order valence-electron chi connectivity index (χ0n) is 9.84. The second-order valence-electron chi connectivity index (χ2n) is 4.45. The van der Waals surface area contributed by atoms with Crippen molar-refractivity contribution in [3.8, 4) is 0 Å². The van der Waals surface area contributed by atoms with E-state index in [-0.39, 0.29) is 12.5 Å². The number of anilines is 2. The van der Waals surface area contributed by atoms with E-state index in [0.29, 0.717) is 24.6 Å². The van der Waals surface area contributed by atoms with Crippen LogP contribution in [0.5, 0.6) is 0 Å². The van der Waals surface area contributed by atoms with Crippen LogP contribution in [0.15, 0.2) is 16.7 Å². The first kappa shape index (κ1) is 12.2. The van der Waals surface area contributed by atoms with Gasteiger partial charge in [0.15, 0.2) is 5.82 Å². The van der Waals surface area contributed by atoms with Crippen molar-refractivity contribution < 1.29 is 14.7 Å². The van der Waals surface area contributed by atoms with E-state index < -0.39 is 12.1 Å². The highest BCUT2D eigenvalue weighted by Crippen LogP contribution is 2.33. The number of amides is 2. The average Bonchev–Trinajstić information content (AvgIpc) is 2.38. The van der Waals surface area contributed by atoms with Gasteiger partial charge in [-0.3, -0.25) is 4.79 Å². The lowest BCUT2D eigenvalue weighted by molar-refractivity contribution is -0.118. The van der Waals surface area contributed by atoms with Gasteiger partial charge in [-0.05, 0) is 22.0 Å². The lowest BCUT2D eigenvalue weighted by Crippen LogP contribution is -2.61. The largest absolute Gasteiger partial charge is 0.465 e. The normalized spacial score (nSPS) is 21.5. The van der Waals surface area contributed by atoms with Crippen LogP contribution in [0.2, 0.25) is 0 Å². The van der Waals surface area contributed by atoms with Gasteiger partial charge >= 0.3 is 6.09 Å². The maximum absolute atomic E-state index is 12.1. The SMILES string of the molecule is O=C1Nc2cc(Br)cnc2N2CCN(C(=O)O)CC12. The molecule has 3 rings (SSSR count). The third-order valence-corrected chi connectivity index (χ3v) is 3.75. The summed E-state index contributed by atoms with van der Waals surface area (Å²) in [6, 6.07) is 1.28. The minimum atomic E-state index is -0.998. The molecule has 1 aromatic heterocycles. The molecule has 1 saturated heterocycles. The summed E-state index contributed by atoms with van der Waals surface area (Å²) in [6.07, 6.45) is 0.665. The number of carbonyl (C=O) groups is 2. The number of carbonyl (C=O) groups excluding carboxylic acids is 1. The number of nitrogens with one attached hydrogen (secondary N) is 1. The van der Waals surface area contributed by atoms with E-state index in [9.17, 15) is 9.59 Å². The van der Waals surface area contributed by atoms with Gasteiger partial charge in [-0.25, -0.2) is 9.78 Å². The number of carboxylic acid groups (broad SMARTS) is 1. The van der Waals surface area contributed by atoms with Gasteiger partial charge < -0.3 is 20.2 Å². The predicted octanol–water partition coefficient (Wildman–Crippen LogP) is 0.965. The number of piperazine rings is 1. The molecule has 2 aliphatic rings. The van der Waals surface area contributed by atoms with E-state index in [1.807, 2.05) is 4.90 Å². The average molecular weight is 327 g/mol. The number of pyridine rings is 1. The molecule has 1 atom stereocenters. The van der Waals surface area contributed by atoms with Gasteiger partial charge in [0.25, 0.3) is 0 Å². The quantitative estimate of drug-likeness (QED) is 0.741. The Labute approximate surface area is 117 Å². The number of aromatic nitrogens is 1. The highest BCUT2D eigenvalue weighted by Gasteiger charge is 2.39. The van der Waals surface area contributed by atoms with E-state index >= 15 is 0 Å². The molecule has 2 N–H and O–H groups in total. The molecule has 0 aromatic carbocycles. The van der Waals surface area contributed by atoms with Crippen LogP contribution in [0.25, 0.3) is 0 Å².